The fraction of sp³-hybridized carbons (Fsp3) is 0.714. The molecule has 1 atom stereocenters. The molecular formula is C14H24N4OS. The van der Waals surface area contributed by atoms with Gasteiger partial charge >= 0.3 is 6.03 Å². The maximum Gasteiger partial charge on any atom is 0.317 e. The van der Waals surface area contributed by atoms with E-state index in [9.17, 15) is 4.79 Å². The molecule has 20 heavy (non-hydrogen) atoms. The van der Waals surface area contributed by atoms with Crippen molar-refractivity contribution in [2.45, 2.75) is 39.3 Å². The first kappa shape index (κ1) is 15.3. The van der Waals surface area contributed by atoms with Gasteiger partial charge in [0, 0.05) is 30.7 Å². The van der Waals surface area contributed by atoms with Crippen LogP contribution in [0.2, 0.25) is 0 Å². The third kappa shape index (κ3) is 4.18. The maximum atomic E-state index is 12.2. The number of aryl methyl sites for hydroxylation is 1. The Morgan fingerprint density at radius 2 is 2.45 bits per heavy atom. The highest BCUT2D eigenvalue weighted by Gasteiger charge is 2.21. The van der Waals surface area contributed by atoms with Crippen LogP contribution in [0.15, 0.2) is 6.20 Å². The number of hydrogen-bond acceptors (Lipinski definition) is 4. The van der Waals surface area contributed by atoms with Crippen molar-refractivity contribution < 1.29 is 4.79 Å². The molecule has 5 nitrogen and oxygen atoms in total. The Kier molecular flexibility index (Phi) is 5.37. The monoisotopic (exact) mass is 296 g/mol. The largest absolute Gasteiger partial charge is 0.334 e. The molecule has 1 aliphatic heterocycles. The van der Waals surface area contributed by atoms with Crippen LogP contribution in [0, 0.1) is 6.92 Å². The molecule has 1 aromatic rings. The Balaban J connectivity index is 1.81. The average molecular weight is 296 g/mol. The van der Waals surface area contributed by atoms with E-state index in [0.717, 1.165) is 42.4 Å². The molecule has 6 heteroatoms. The molecule has 2 amide bonds. The number of carbonyl (C=O) groups excluding carboxylic acids is 1. The lowest BCUT2D eigenvalue weighted by atomic mass is 10.1. The van der Waals surface area contributed by atoms with Gasteiger partial charge in [0.15, 0.2) is 0 Å². The standard InChI is InChI=1S/C14H24N4OS/c1-4-18-7-5-6-12(9-18)16-14(19)17(3)10-13-8-15-11(2)20-13/h8,12H,4-7,9-10H2,1-3H3,(H,16,19). The number of aromatic nitrogens is 1. The predicted molar refractivity (Wildman–Crippen MR) is 82.0 cm³/mol. The molecule has 1 unspecified atom stereocenters. The molecule has 2 rings (SSSR count). The molecular weight excluding hydrogens is 272 g/mol. The van der Waals surface area contributed by atoms with Crippen LogP contribution in [0.4, 0.5) is 4.79 Å². The molecule has 1 saturated heterocycles. The number of likely N-dealkylation sites (tertiary alicyclic amines) is 1. The van der Waals surface area contributed by atoms with Gasteiger partial charge in [-0.25, -0.2) is 9.78 Å². The minimum Gasteiger partial charge on any atom is -0.334 e. The first-order valence-corrected chi connectivity index (χ1v) is 8.05. The molecule has 0 bridgehead atoms. The van der Waals surface area contributed by atoms with Gasteiger partial charge in [-0.2, -0.15) is 0 Å². The van der Waals surface area contributed by atoms with E-state index >= 15 is 0 Å². The van der Waals surface area contributed by atoms with Crippen LogP contribution in [0.25, 0.3) is 0 Å². The van der Waals surface area contributed by atoms with E-state index < -0.39 is 0 Å². The van der Waals surface area contributed by atoms with Crippen LogP contribution in [0.5, 0.6) is 0 Å². The van der Waals surface area contributed by atoms with Gasteiger partial charge in [0.2, 0.25) is 0 Å². The van der Waals surface area contributed by atoms with Crippen molar-refractivity contribution in [3.8, 4) is 0 Å². The van der Waals surface area contributed by atoms with Gasteiger partial charge in [-0.05, 0) is 32.9 Å². The fourth-order valence-corrected chi connectivity index (χ4v) is 3.38. The Labute approximate surface area is 125 Å². The van der Waals surface area contributed by atoms with E-state index in [0.29, 0.717) is 6.54 Å². The molecule has 0 spiro atoms. The summed E-state index contributed by atoms with van der Waals surface area (Å²) in [6.45, 7) is 7.95. The number of amides is 2. The average Bonchev–Trinajstić information content (AvgIpc) is 2.84. The molecule has 1 fully saturated rings. The zero-order valence-electron chi connectivity index (χ0n) is 12.6. The van der Waals surface area contributed by atoms with Crippen molar-refractivity contribution in [3.63, 3.8) is 0 Å². The van der Waals surface area contributed by atoms with E-state index in [1.54, 1.807) is 16.2 Å². The van der Waals surface area contributed by atoms with Crippen molar-refractivity contribution >= 4 is 17.4 Å². The Morgan fingerprint density at radius 3 is 3.10 bits per heavy atom. The molecule has 0 saturated carbocycles. The van der Waals surface area contributed by atoms with Crippen LogP contribution >= 0.6 is 11.3 Å². The molecule has 1 N–H and O–H groups in total. The number of carbonyl (C=O) groups is 1. The SMILES string of the molecule is CCN1CCCC(NC(=O)N(C)Cc2cnc(C)s2)C1. The molecule has 0 aromatic carbocycles. The number of piperidine rings is 1. The Morgan fingerprint density at radius 1 is 1.65 bits per heavy atom. The maximum absolute atomic E-state index is 12.2. The number of urea groups is 1. The number of nitrogens with one attached hydrogen (secondary N) is 1. The normalized spacial score (nSPS) is 19.9. The van der Waals surface area contributed by atoms with Crippen LogP contribution in [0.1, 0.15) is 29.7 Å². The lowest BCUT2D eigenvalue weighted by Crippen LogP contribution is -2.50. The van der Waals surface area contributed by atoms with Gasteiger partial charge in [-0.3, -0.25) is 0 Å². The summed E-state index contributed by atoms with van der Waals surface area (Å²) in [5.41, 5.74) is 0. The lowest BCUT2D eigenvalue weighted by Gasteiger charge is -2.33. The zero-order chi connectivity index (χ0) is 14.5. The first-order chi connectivity index (χ1) is 9.58. The molecule has 0 radical (unpaired) electrons. The second-order valence-electron chi connectivity index (χ2n) is 5.38. The summed E-state index contributed by atoms with van der Waals surface area (Å²) in [6.07, 6.45) is 4.09. The molecule has 112 valence electrons. The minimum absolute atomic E-state index is 0.0130. The van der Waals surface area contributed by atoms with E-state index in [1.165, 1.54) is 0 Å². The van der Waals surface area contributed by atoms with Gasteiger partial charge in [0.05, 0.1) is 11.6 Å². The van der Waals surface area contributed by atoms with Crippen molar-refractivity contribution in [1.82, 2.24) is 20.1 Å². The van der Waals surface area contributed by atoms with E-state index in [4.69, 9.17) is 0 Å². The molecule has 0 aliphatic carbocycles. The number of rotatable bonds is 4. The summed E-state index contributed by atoms with van der Waals surface area (Å²) in [5, 5.41) is 4.18. The summed E-state index contributed by atoms with van der Waals surface area (Å²) in [4.78, 5) is 21.7. The van der Waals surface area contributed by atoms with Gasteiger partial charge in [0.25, 0.3) is 0 Å². The Hall–Kier alpha value is -1.14. The fourth-order valence-electron chi connectivity index (χ4n) is 2.53. The van der Waals surface area contributed by atoms with E-state index in [-0.39, 0.29) is 12.1 Å². The second kappa shape index (κ2) is 7.04. The van der Waals surface area contributed by atoms with Crippen molar-refractivity contribution in [2.24, 2.45) is 0 Å². The minimum atomic E-state index is 0.0130. The topological polar surface area (TPSA) is 48.5 Å². The summed E-state index contributed by atoms with van der Waals surface area (Å²) in [6, 6.07) is 0.292. The van der Waals surface area contributed by atoms with Gasteiger partial charge in [-0.1, -0.05) is 6.92 Å². The highest BCUT2D eigenvalue weighted by atomic mass is 32.1. The van der Waals surface area contributed by atoms with Crippen molar-refractivity contribution in [2.75, 3.05) is 26.7 Å². The van der Waals surface area contributed by atoms with Gasteiger partial charge in [-0.15, -0.1) is 11.3 Å². The Bertz CT molecular complexity index is 448. The summed E-state index contributed by atoms with van der Waals surface area (Å²) in [7, 11) is 1.84. The second-order valence-corrected chi connectivity index (χ2v) is 6.70. The summed E-state index contributed by atoms with van der Waals surface area (Å²) < 4.78 is 0. The number of likely N-dealkylation sites (N-methyl/N-ethyl adjacent to an activating group) is 1. The lowest BCUT2D eigenvalue weighted by molar-refractivity contribution is 0.175. The van der Waals surface area contributed by atoms with E-state index in [1.807, 2.05) is 20.2 Å². The number of thiazole rings is 1. The van der Waals surface area contributed by atoms with Crippen LogP contribution in [0.3, 0.4) is 0 Å². The molecule has 1 aromatic heterocycles. The molecule has 1 aliphatic rings. The van der Waals surface area contributed by atoms with Gasteiger partial charge in [0.1, 0.15) is 0 Å². The summed E-state index contributed by atoms with van der Waals surface area (Å²) in [5.74, 6) is 0. The van der Waals surface area contributed by atoms with Crippen molar-refractivity contribution in [1.29, 1.82) is 0 Å². The number of nitrogens with zero attached hydrogens (tertiary/aromatic N) is 3. The van der Waals surface area contributed by atoms with Crippen molar-refractivity contribution in [3.05, 3.63) is 16.1 Å². The first-order valence-electron chi connectivity index (χ1n) is 7.23. The van der Waals surface area contributed by atoms with Crippen LogP contribution in [-0.2, 0) is 6.54 Å². The third-order valence-electron chi connectivity index (χ3n) is 3.69. The quantitative estimate of drug-likeness (QED) is 0.925. The highest BCUT2D eigenvalue weighted by Crippen LogP contribution is 2.14. The zero-order valence-corrected chi connectivity index (χ0v) is 13.4. The smallest absolute Gasteiger partial charge is 0.317 e. The third-order valence-corrected chi connectivity index (χ3v) is 4.59. The van der Waals surface area contributed by atoms with E-state index in [2.05, 4.69) is 22.1 Å². The summed E-state index contributed by atoms with van der Waals surface area (Å²) >= 11 is 1.64. The number of hydrogen-bond donors (Lipinski definition) is 1. The highest BCUT2D eigenvalue weighted by molar-refractivity contribution is 7.11. The predicted octanol–water partition coefficient (Wildman–Crippen LogP) is 2.08. The van der Waals surface area contributed by atoms with Gasteiger partial charge < -0.3 is 15.1 Å². The van der Waals surface area contributed by atoms with Crippen LogP contribution < -0.4 is 5.32 Å². The van der Waals surface area contributed by atoms with Crippen LogP contribution in [-0.4, -0.2) is 53.5 Å². The molecule has 2 heterocycles.